The number of rotatable bonds is 4. The van der Waals surface area contributed by atoms with Crippen LogP contribution in [0, 0.1) is 0 Å². The molecule has 3 heteroatoms. The first-order valence-corrected chi connectivity index (χ1v) is 4.46. The van der Waals surface area contributed by atoms with Gasteiger partial charge >= 0.3 is 0 Å². The Bertz CT molecular complexity index is 125. The molecule has 1 N–H and O–H groups in total. The summed E-state index contributed by atoms with van der Waals surface area (Å²) in [7, 11) is 0. The number of carbonyl (C=O) groups is 1. The van der Waals surface area contributed by atoms with Gasteiger partial charge < -0.3 is 5.32 Å². The van der Waals surface area contributed by atoms with Crippen LogP contribution in [-0.2, 0) is 4.79 Å². The van der Waals surface area contributed by atoms with E-state index in [1.165, 1.54) is 0 Å². The van der Waals surface area contributed by atoms with E-state index < -0.39 is 5.38 Å². The monoisotopic (exact) mass is 177 g/mol. The maximum atomic E-state index is 11.0. The van der Waals surface area contributed by atoms with Crippen molar-refractivity contribution in [3.05, 3.63) is 0 Å². The third-order valence-corrected chi connectivity index (χ3v) is 1.67. The van der Waals surface area contributed by atoms with Crippen LogP contribution in [0.4, 0.5) is 0 Å². The summed E-state index contributed by atoms with van der Waals surface area (Å²) in [6, 6.07) is 0.244. The molecule has 66 valence electrons. The normalized spacial score (nSPS) is 15.6. The first-order valence-electron chi connectivity index (χ1n) is 4.02. The Morgan fingerprint density at radius 3 is 2.45 bits per heavy atom. The maximum Gasteiger partial charge on any atom is 0.237 e. The van der Waals surface area contributed by atoms with Gasteiger partial charge in [0.2, 0.25) is 5.91 Å². The second kappa shape index (κ2) is 5.42. The van der Waals surface area contributed by atoms with Crippen molar-refractivity contribution in [1.29, 1.82) is 0 Å². The first-order chi connectivity index (χ1) is 5.07. The van der Waals surface area contributed by atoms with E-state index in [4.69, 9.17) is 11.6 Å². The van der Waals surface area contributed by atoms with Gasteiger partial charge in [-0.15, -0.1) is 11.6 Å². The van der Waals surface area contributed by atoms with Crippen molar-refractivity contribution >= 4 is 17.5 Å². The molecule has 0 aliphatic rings. The van der Waals surface area contributed by atoms with Gasteiger partial charge in [0.25, 0.3) is 0 Å². The molecule has 0 saturated heterocycles. The van der Waals surface area contributed by atoms with E-state index >= 15 is 0 Å². The van der Waals surface area contributed by atoms with E-state index in [2.05, 4.69) is 12.2 Å². The summed E-state index contributed by atoms with van der Waals surface area (Å²) in [5.41, 5.74) is 0. The molecule has 0 rings (SSSR count). The van der Waals surface area contributed by atoms with Crippen LogP contribution >= 0.6 is 11.6 Å². The van der Waals surface area contributed by atoms with E-state index in [-0.39, 0.29) is 11.9 Å². The fourth-order valence-electron chi connectivity index (χ4n) is 0.863. The topological polar surface area (TPSA) is 29.1 Å². The number of amides is 1. The summed E-state index contributed by atoms with van der Waals surface area (Å²) in [6.07, 6.45) is 2.09. The molecule has 0 heterocycles. The van der Waals surface area contributed by atoms with E-state index in [0.717, 1.165) is 12.8 Å². The Morgan fingerprint density at radius 1 is 1.55 bits per heavy atom. The van der Waals surface area contributed by atoms with Gasteiger partial charge in [-0.05, 0) is 20.3 Å². The number of halogens is 1. The predicted octanol–water partition coefficient (Wildman–Crippen LogP) is 1.92. The zero-order valence-corrected chi connectivity index (χ0v) is 8.11. The average Bonchev–Trinajstić information content (AvgIpc) is 1.87. The molecule has 1 amide bonds. The molecule has 0 aromatic rings. The molecular formula is C8H16ClNO. The average molecular weight is 178 g/mol. The van der Waals surface area contributed by atoms with Crippen LogP contribution in [0.15, 0.2) is 0 Å². The smallest absolute Gasteiger partial charge is 0.237 e. The van der Waals surface area contributed by atoms with Crippen molar-refractivity contribution in [3.63, 3.8) is 0 Å². The van der Waals surface area contributed by atoms with Crippen LogP contribution in [0.5, 0.6) is 0 Å². The van der Waals surface area contributed by atoms with Crippen molar-refractivity contribution in [3.8, 4) is 0 Å². The molecular weight excluding hydrogens is 162 g/mol. The number of hydrogen-bond donors (Lipinski definition) is 1. The molecule has 0 radical (unpaired) electrons. The molecule has 0 fully saturated rings. The molecule has 2 nitrogen and oxygen atoms in total. The fourth-order valence-corrected chi connectivity index (χ4v) is 0.926. The van der Waals surface area contributed by atoms with Crippen molar-refractivity contribution in [2.24, 2.45) is 0 Å². The number of carbonyl (C=O) groups excluding carboxylic acids is 1. The zero-order valence-electron chi connectivity index (χ0n) is 7.36. The summed E-state index contributed by atoms with van der Waals surface area (Å²) >= 11 is 5.56. The first kappa shape index (κ1) is 10.8. The molecule has 0 aliphatic heterocycles. The van der Waals surface area contributed by atoms with Crippen molar-refractivity contribution in [2.75, 3.05) is 0 Å². The van der Waals surface area contributed by atoms with Gasteiger partial charge in [0.05, 0.1) is 0 Å². The van der Waals surface area contributed by atoms with Crippen molar-refractivity contribution < 1.29 is 4.79 Å². The third-order valence-electron chi connectivity index (χ3n) is 1.47. The molecule has 2 unspecified atom stereocenters. The summed E-state index contributed by atoms with van der Waals surface area (Å²) in [5.74, 6) is -0.0763. The van der Waals surface area contributed by atoms with Gasteiger partial charge in [0, 0.05) is 6.04 Å². The Morgan fingerprint density at radius 2 is 2.09 bits per heavy atom. The van der Waals surface area contributed by atoms with Crippen LogP contribution in [-0.4, -0.2) is 17.3 Å². The van der Waals surface area contributed by atoms with Gasteiger partial charge in [0.1, 0.15) is 5.38 Å². The fraction of sp³-hybridized carbons (Fsp3) is 0.875. The van der Waals surface area contributed by atoms with E-state index in [0.29, 0.717) is 0 Å². The van der Waals surface area contributed by atoms with Gasteiger partial charge in [0.15, 0.2) is 0 Å². The molecule has 2 atom stereocenters. The molecule has 11 heavy (non-hydrogen) atoms. The second-order valence-electron chi connectivity index (χ2n) is 2.81. The minimum absolute atomic E-state index is 0.0763. The molecule has 0 aromatic heterocycles. The SMILES string of the molecule is CCCC(C)NC(=O)C(C)Cl. The maximum absolute atomic E-state index is 11.0. The highest BCUT2D eigenvalue weighted by Gasteiger charge is 2.10. The van der Waals surface area contributed by atoms with Crippen LogP contribution < -0.4 is 5.32 Å². The minimum atomic E-state index is -0.422. The Labute approximate surface area is 73.3 Å². The van der Waals surface area contributed by atoms with Gasteiger partial charge in [-0.1, -0.05) is 13.3 Å². The second-order valence-corrected chi connectivity index (χ2v) is 3.47. The lowest BCUT2D eigenvalue weighted by Crippen LogP contribution is -2.36. The number of alkyl halides is 1. The minimum Gasteiger partial charge on any atom is -0.352 e. The number of hydrogen-bond acceptors (Lipinski definition) is 1. The molecule has 0 saturated carbocycles. The van der Waals surface area contributed by atoms with E-state index in [1.54, 1.807) is 6.92 Å². The molecule has 0 aromatic carbocycles. The lowest BCUT2D eigenvalue weighted by Gasteiger charge is -2.13. The number of nitrogens with one attached hydrogen (secondary N) is 1. The Kier molecular flexibility index (Phi) is 5.30. The lowest BCUT2D eigenvalue weighted by molar-refractivity contribution is -0.121. The van der Waals surface area contributed by atoms with E-state index in [1.807, 2.05) is 6.92 Å². The van der Waals surface area contributed by atoms with Crippen LogP contribution in [0.2, 0.25) is 0 Å². The van der Waals surface area contributed by atoms with Gasteiger partial charge in [-0.3, -0.25) is 4.79 Å². The Hall–Kier alpha value is -0.240. The van der Waals surface area contributed by atoms with Gasteiger partial charge in [-0.25, -0.2) is 0 Å². The van der Waals surface area contributed by atoms with Crippen molar-refractivity contribution in [2.45, 2.75) is 45.0 Å². The lowest BCUT2D eigenvalue weighted by atomic mass is 10.2. The van der Waals surface area contributed by atoms with Crippen LogP contribution in [0.25, 0.3) is 0 Å². The van der Waals surface area contributed by atoms with Crippen molar-refractivity contribution in [1.82, 2.24) is 5.32 Å². The highest BCUT2D eigenvalue weighted by atomic mass is 35.5. The zero-order chi connectivity index (χ0) is 8.85. The van der Waals surface area contributed by atoms with Crippen LogP contribution in [0.1, 0.15) is 33.6 Å². The summed E-state index contributed by atoms with van der Waals surface area (Å²) in [6.45, 7) is 5.75. The standard InChI is InChI=1S/C8H16ClNO/c1-4-5-6(2)10-8(11)7(3)9/h6-7H,4-5H2,1-3H3,(H,10,11). The highest BCUT2D eigenvalue weighted by molar-refractivity contribution is 6.30. The molecule has 0 spiro atoms. The van der Waals surface area contributed by atoms with Gasteiger partial charge in [-0.2, -0.15) is 0 Å². The summed E-state index contributed by atoms with van der Waals surface area (Å²) in [4.78, 5) is 11.0. The largest absolute Gasteiger partial charge is 0.352 e. The molecule has 0 bridgehead atoms. The molecule has 0 aliphatic carbocycles. The Balaban J connectivity index is 3.57. The predicted molar refractivity (Wildman–Crippen MR) is 47.8 cm³/mol. The summed E-state index contributed by atoms with van der Waals surface area (Å²) in [5, 5.41) is 2.39. The third kappa shape index (κ3) is 5.08. The van der Waals surface area contributed by atoms with E-state index in [9.17, 15) is 4.79 Å². The summed E-state index contributed by atoms with van der Waals surface area (Å²) < 4.78 is 0. The highest BCUT2D eigenvalue weighted by Crippen LogP contribution is 1.98. The quantitative estimate of drug-likeness (QED) is 0.654. The van der Waals surface area contributed by atoms with Crippen LogP contribution in [0.3, 0.4) is 0 Å².